The van der Waals surface area contributed by atoms with Crippen LogP contribution < -0.4 is 5.32 Å². The second kappa shape index (κ2) is 5.14. The summed E-state index contributed by atoms with van der Waals surface area (Å²) in [7, 11) is 0. The van der Waals surface area contributed by atoms with E-state index < -0.39 is 23.4 Å². The van der Waals surface area contributed by atoms with E-state index in [0.717, 1.165) is 6.42 Å². The maximum Gasteiger partial charge on any atom is 0.229 e. The summed E-state index contributed by atoms with van der Waals surface area (Å²) in [6.07, 6.45) is 0.899. The summed E-state index contributed by atoms with van der Waals surface area (Å²) >= 11 is 0. The van der Waals surface area contributed by atoms with Gasteiger partial charge in [0.1, 0.15) is 0 Å². The van der Waals surface area contributed by atoms with E-state index in [1.54, 1.807) is 36.1 Å². The summed E-state index contributed by atoms with van der Waals surface area (Å²) in [4.78, 5) is 40.0. The van der Waals surface area contributed by atoms with Crippen LogP contribution in [0.4, 0.5) is 5.69 Å². The van der Waals surface area contributed by atoms with Gasteiger partial charge in [0.2, 0.25) is 11.8 Å². The van der Waals surface area contributed by atoms with Crippen molar-refractivity contribution in [2.45, 2.75) is 25.9 Å². The number of nitrogens with zero attached hydrogens (tertiary/aromatic N) is 1. The fraction of sp³-hybridized carbons (Fsp3) is 0.500. The minimum atomic E-state index is -0.990. The number of fused-ring (bicyclic) bond motifs is 2. The lowest BCUT2D eigenvalue weighted by Crippen LogP contribution is -2.44. The summed E-state index contributed by atoms with van der Waals surface area (Å²) in [5, 5.41) is 12.6. The first-order chi connectivity index (χ1) is 11.4. The van der Waals surface area contributed by atoms with Gasteiger partial charge in [0.25, 0.3) is 0 Å². The van der Waals surface area contributed by atoms with Crippen LogP contribution in [0.15, 0.2) is 24.3 Å². The third kappa shape index (κ3) is 2.02. The minimum absolute atomic E-state index is 0.155. The van der Waals surface area contributed by atoms with Gasteiger partial charge in [-0.15, -0.1) is 0 Å². The van der Waals surface area contributed by atoms with Gasteiger partial charge >= 0.3 is 0 Å². The predicted molar refractivity (Wildman–Crippen MR) is 86.3 cm³/mol. The van der Waals surface area contributed by atoms with E-state index in [1.165, 1.54) is 0 Å². The third-order valence-electron chi connectivity index (χ3n) is 5.69. The second-order valence-corrected chi connectivity index (χ2v) is 7.18. The predicted octanol–water partition coefficient (Wildman–Crippen LogP) is 1.06. The molecule has 0 aromatic heterocycles. The molecular weight excluding hydrogens is 308 g/mol. The van der Waals surface area contributed by atoms with Gasteiger partial charge in [0.15, 0.2) is 5.78 Å². The molecule has 1 aromatic rings. The highest BCUT2D eigenvalue weighted by Gasteiger charge is 2.73. The summed E-state index contributed by atoms with van der Waals surface area (Å²) < 4.78 is 0. The maximum absolute atomic E-state index is 13.0. The number of Topliss-reactive ketones (excluding diaryl/α,β-unsaturated/α-hetero) is 1. The number of piperidine rings is 1. The number of nitrogens with one attached hydrogen (secondary N) is 1. The molecule has 1 saturated heterocycles. The van der Waals surface area contributed by atoms with E-state index in [0.29, 0.717) is 24.2 Å². The Morgan fingerprint density at radius 2 is 2.08 bits per heavy atom. The molecular formula is C18H20N2O4. The molecule has 2 amide bonds. The van der Waals surface area contributed by atoms with Crippen molar-refractivity contribution < 1.29 is 19.5 Å². The number of hydrogen-bond donors (Lipinski definition) is 2. The number of carbonyl (C=O) groups excluding carboxylic acids is 3. The van der Waals surface area contributed by atoms with Crippen LogP contribution >= 0.6 is 0 Å². The van der Waals surface area contributed by atoms with Gasteiger partial charge in [0, 0.05) is 18.7 Å². The van der Waals surface area contributed by atoms with Crippen molar-refractivity contribution in [3.8, 4) is 0 Å². The summed E-state index contributed by atoms with van der Waals surface area (Å²) in [6.45, 7) is 2.57. The largest absolute Gasteiger partial charge is 0.391 e. The van der Waals surface area contributed by atoms with Crippen molar-refractivity contribution in [2.24, 2.45) is 17.3 Å². The molecule has 0 spiro atoms. The average molecular weight is 328 g/mol. The SMILES string of the molecule is C[C@]12C(=O)c3ccccc3NC(=O)C1[C@H]2C(=O)N1CCCC(O)C1. The topological polar surface area (TPSA) is 86.7 Å². The van der Waals surface area contributed by atoms with E-state index in [9.17, 15) is 19.5 Å². The van der Waals surface area contributed by atoms with Gasteiger partial charge in [-0.05, 0) is 25.0 Å². The molecule has 6 heteroatoms. The van der Waals surface area contributed by atoms with Crippen LogP contribution in [0.5, 0.6) is 0 Å². The quantitative estimate of drug-likeness (QED) is 0.807. The van der Waals surface area contributed by atoms with Crippen molar-refractivity contribution in [1.82, 2.24) is 4.90 Å². The molecule has 4 rings (SSSR count). The number of β-amino-alcohol motifs (C(OH)–C–C–N with tert-alkyl or cyclic N) is 1. The lowest BCUT2D eigenvalue weighted by molar-refractivity contribution is -0.137. The Morgan fingerprint density at radius 1 is 1.33 bits per heavy atom. The zero-order valence-corrected chi connectivity index (χ0v) is 13.5. The van der Waals surface area contributed by atoms with Crippen molar-refractivity contribution >= 4 is 23.3 Å². The van der Waals surface area contributed by atoms with E-state index >= 15 is 0 Å². The van der Waals surface area contributed by atoms with E-state index in [4.69, 9.17) is 0 Å². The monoisotopic (exact) mass is 328 g/mol. The van der Waals surface area contributed by atoms with Crippen LogP contribution in [0, 0.1) is 17.3 Å². The molecule has 3 aliphatic rings. The van der Waals surface area contributed by atoms with E-state index in [1.807, 2.05) is 0 Å². The standard InChI is InChI=1S/C18H20N2O4/c1-18-13(14(18)17(24)20-8-4-5-10(21)9-20)16(23)19-12-7-3-2-6-11(12)15(18)22/h2-3,6-7,10,13-14,21H,4-5,8-9H2,1H3,(H,19,23)/t10?,13?,14-,18-/m0/s1. The highest BCUT2D eigenvalue weighted by Crippen LogP contribution is 2.62. The van der Waals surface area contributed by atoms with Crippen molar-refractivity contribution in [2.75, 3.05) is 18.4 Å². The molecule has 1 aliphatic carbocycles. The second-order valence-electron chi connectivity index (χ2n) is 7.18. The zero-order chi connectivity index (χ0) is 17.1. The normalized spacial score (nSPS) is 34.8. The molecule has 24 heavy (non-hydrogen) atoms. The van der Waals surface area contributed by atoms with Crippen LogP contribution in [0.1, 0.15) is 30.1 Å². The molecule has 126 valence electrons. The van der Waals surface area contributed by atoms with E-state index in [-0.39, 0.29) is 24.1 Å². The highest BCUT2D eigenvalue weighted by molar-refractivity contribution is 6.19. The Bertz CT molecular complexity index is 746. The molecule has 6 nitrogen and oxygen atoms in total. The number of hydrogen-bond acceptors (Lipinski definition) is 4. The lowest BCUT2D eigenvalue weighted by Gasteiger charge is -2.30. The molecule has 2 heterocycles. The molecule has 0 bridgehead atoms. The van der Waals surface area contributed by atoms with Crippen molar-refractivity contribution in [3.63, 3.8) is 0 Å². The van der Waals surface area contributed by atoms with Gasteiger partial charge in [-0.2, -0.15) is 0 Å². The van der Waals surface area contributed by atoms with Gasteiger partial charge in [-0.25, -0.2) is 0 Å². The number of benzene rings is 1. The number of carbonyl (C=O) groups is 3. The molecule has 2 unspecified atom stereocenters. The summed E-state index contributed by atoms with van der Waals surface area (Å²) in [6, 6.07) is 6.92. The number of amides is 2. The van der Waals surface area contributed by atoms with Crippen molar-refractivity contribution in [3.05, 3.63) is 29.8 Å². The number of para-hydroxylation sites is 1. The van der Waals surface area contributed by atoms with Crippen LogP contribution in [0.3, 0.4) is 0 Å². The van der Waals surface area contributed by atoms with Gasteiger partial charge < -0.3 is 15.3 Å². The van der Waals surface area contributed by atoms with Crippen LogP contribution in [-0.2, 0) is 9.59 Å². The van der Waals surface area contributed by atoms with Crippen LogP contribution in [0.2, 0.25) is 0 Å². The molecule has 2 aliphatic heterocycles. The maximum atomic E-state index is 13.0. The van der Waals surface area contributed by atoms with Crippen LogP contribution in [-0.4, -0.2) is 46.8 Å². The molecule has 4 atom stereocenters. The van der Waals surface area contributed by atoms with Crippen LogP contribution in [0.25, 0.3) is 0 Å². The first-order valence-corrected chi connectivity index (χ1v) is 8.36. The number of aliphatic hydroxyl groups is 1. The Labute approximate surface area is 139 Å². The molecule has 1 saturated carbocycles. The van der Waals surface area contributed by atoms with Gasteiger partial charge in [0.05, 0.1) is 29.0 Å². The van der Waals surface area contributed by atoms with E-state index in [2.05, 4.69) is 5.32 Å². The number of rotatable bonds is 1. The Morgan fingerprint density at radius 3 is 2.83 bits per heavy atom. The molecule has 0 radical (unpaired) electrons. The smallest absolute Gasteiger partial charge is 0.229 e. The molecule has 1 aromatic carbocycles. The summed E-state index contributed by atoms with van der Waals surface area (Å²) in [5.41, 5.74) is -0.0127. The highest BCUT2D eigenvalue weighted by atomic mass is 16.3. The average Bonchev–Trinajstić information content (AvgIpc) is 3.22. The fourth-order valence-electron chi connectivity index (χ4n) is 4.26. The third-order valence-corrected chi connectivity index (χ3v) is 5.69. The first kappa shape index (κ1) is 15.3. The van der Waals surface area contributed by atoms with Crippen molar-refractivity contribution in [1.29, 1.82) is 0 Å². The number of ketones is 1. The number of likely N-dealkylation sites (tertiary alicyclic amines) is 1. The minimum Gasteiger partial charge on any atom is -0.391 e. The Balaban J connectivity index is 1.66. The lowest BCUT2D eigenvalue weighted by atomic mass is 9.92. The number of anilines is 1. The zero-order valence-electron chi connectivity index (χ0n) is 13.5. The fourth-order valence-corrected chi connectivity index (χ4v) is 4.26. The Kier molecular flexibility index (Phi) is 3.28. The molecule has 2 fully saturated rings. The summed E-state index contributed by atoms with van der Waals surface area (Å²) in [5.74, 6) is -1.89. The van der Waals surface area contributed by atoms with Gasteiger partial charge in [-0.3, -0.25) is 14.4 Å². The Hall–Kier alpha value is -2.21. The molecule has 2 N–H and O–H groups in total. The van der Waals surface area contributed by atoms with Gasteiger partial charge in [-0.1, -0.05) is 19.1 Å². The first-order valence-electron chi connectivity index (χ1n) is 8.36. The number of aliphatic hydroxyl groups excluding tert-OH is 1.